The number of nitrogens with one attached hydrogen (secondary N) is 1. The number of anilines is 2. The third kappa shape index (κ3) is 4.99. The van der Waals surface area contributed by atoms with E-state index < -0.39 is 11.7 Å². The molecule has 0 aliphatic heterocycles. The highest BCUT2D eigenvalue weighted by atomic mass is 32.2. The summed E-state index contributed by atoms with van der Waals surface area (Å²) in [6, 6.07) is 5.98. The summed E-state index contributed by atoms with van der Waals surface area (Å²) in [5, 5.41) is 3.11. The van der Waals surface area contributed by atoms with Gasteiger partial charge in [-0.3, -0.25) is 0 Å². The molecule has 2 aromatic rings. The molecule has 1 aromatic carbocycles. The first kappa shape index (κ1) is 21.0. The molecule has 0 atom stereocenters. The number of hydrogen-bond acceptors (Lipinski definition) is 4. The number of rotatable bonds is 5. The lowest BCUT2D eigenvalue weighted by atomic mass is 9.80. The lowest BCUT2D eigenvalue weighted by Gasteiger charge is -2.27. The van der Waals surface area contributed by atoms with Crippen LogP contribution in [-0.2, 0) is 6.18 Å². The summed E-state index contributed by atoms with van der Waals surface area (Å²) < 4.78 is 40.6. The van der Waals surface area contributed by atoms with E-state index in [9.17, 15) is 13.2 Å². The summed E-state index contributed by atoms with van der Waals surface area (Å²) in [6.45, 7) is 6.21. The first-order valence-electron chi connectivity index (χ1n) is 9.72. The molecule has 1 fully saturated rings. The van der Waals surface area contributed by atoms with Gasteiger partial charge in [0.1, 0.15) is 0 Å². The summed E-state index contributed by atoms with van der Waals surface area (Å²) in [5.74, 6) is 1.60. The molecule has 1 aliphatic carbocycles. The van der Waals surface area contributed by atoms with Crippen LogP contribution in [0.1, 0.15) is 62.3 Å². The van der Waals surface area contributed by atoms with E-state index in [4.69, 9.17) is 0 Å². The number of nitrogens with zero attached hydrogens (tertiary/aromatic N) is 2. The van der Waals surface area contributed by atoms with Gasteiger partial charge in [-0.15, -0.1) is 11.8 Å². The third-order valence-corrected chi connectivity index (χ3v) is 6.16. The van der Waals surface area contributed by atoms with E-state index in [1.165, 1.54) is 0 Å². The Morgan fingerprint density at radius 2 is 1.89 bits per heavy atom. The number of thioether (sulfide) groups is 1. The first-order valence-corrected chi connectivity index (χ1v) is 10.7. The fourth-order valence-electron chi connectivity index (χ4n) is 3.67. The molecule has 3 nitrogen and oxygen atoms in total. The molecule has 0 amide bonds. The number of halogens is 3. The Hall–Kier alpha value is -1.76. The summed E-state index contributed by atoms with van der Waals surface area (Å²) in [6.07, 6.45) is -0.161. The Labute approximate surface area is 168 Å². The van der Waals surface area contributed by atoms with Gasteiger partial charge in [0.2, 0.25) is 5.95 Å². The maximum atomic E-state index is 13.5. The van der Waals surface area contributed by atoms with Gasteiger partial charge in [0.05, 0.1) is 11.3 Å². The van der Waals surface area contributed by atoms with Crippen LogP contribution in [0.15, 0.2) is 29.3 Å². The second-order valence-corrected chi connectivity index (χ2v) is 8.82. The number of alkyl halides is 3. The zero-order valence-electron chi connectivity index (χ0n) is 16.4. The molecule has 0 radical (unpaired) electrons. The third-order valence-electron chi connectivity index (χ3n) is 5.28. The standard InChI is InChI=1S/C21H26F3N3S/c1-4-28-16-9-10-18(14(3)11-16)26-20-25-12-17(21(22,23)24)19(27-20)15-7-5-13(2)6-8-15/h9-13,15H,4-8H2,1-3H3,(H,25,26,27). The van der Waals surface area contributed by atoms with E-state index >= 15 is 0 Å². The van der Waals surface area contributed by atoms with Gasteiger partial charge >= 0.3 is 6.18 Å². The van der Waals surface area contributed by atoms with Crippen LogP contribution in [0.2, 0.25) is 0 Å². The minimum atomic E-state index is -4.44. The Balaban J connectivity index is 1.89. The van der Waals surface area contributed by atoms with Crippen LogP contribution in [0.3, 0.4) is 0 Å². The molecule has 1 saturated carbocycles. The van der Waals surface area contributed by atoms with Gasteiger partial charge in [-0.1, -0.05) is 26.7 Å². The Morgan fingerprint density at radius 1 is 1.18 bits per heavy atom. The Morgan fingerprint density at radius 3 is 2.50 bits per heavy atom. The second-order valence-electron chi connectivity index (χ2n) is 7.48. The van der Waals surface area contributed by atoms with E-state index in [1.807, 2.05) is 19.1 Å². The van der Waals surface area contributed by atoms with Crippen molar-refractivity contribution in [2.24, 2.45) is 5.92 Å². The largest absolute Gasteiger partial charge is 0.419 e. The average Bonchev–Trinajstić information content (AvgIpc) is 2.64. The van der Waals surface area contributed by atoms with E-state index in [0.29, 0.717) is 5.92 Å². The minimum absolute atomic E-state index is 0.132. The van der Waals surface area contributed by atoms with Crippen molar-refractivity contribution in [2.75, 3.05) is 11.1 Å². The van der Waals surface area contributed by atoms with Crippen LogP contribution in [0.5, 0.6) is 0 Å². The van der Waals surface area contributed by atoms with Crippen molar-refractivity contribution in [3.05, 3.63) is 41.2 Å². The van der Waals surface area contributed by atoms with Crippen LogP contribution >= 0.6 is 11.8 Å². The Kier molecular flexibility index (Phi) is 6.53. The summed E-state index contributed by atoms with van der Waals surface area (Å²) in [5.41, 5.74) is 1.25. The van der Waals surface area contributed by atoms with Gasteiger partial charge in [-0.25, -0.2) is 9.97 Å². The zero-order valence-corrected chi connectivity index (χ0v) is 17.3. The SMILES string of the molecule is CCSc1ccc(Nc2ncc(C(F)(F)F)c(C3CCC(C)CC3)n2)c(C)c1. The summed E-state index contributed by atoms with van der Waals surface area (Å²) in [7, 11) is 0. The molecule has 0 saturated heterocycles. The molecule has 1 heterocycles. The van der Waals surface area contributed by atoms with E-state index in [1.54, 1.807) is 11.8 Å². The predicted molar refractivity (Wildman–Crippen MR) is 108 cm³/mol. The quantitative estimate of drug-likeness (QED) is 0.542. The molecule has 0 spiro atoms. The van der Waals surface area contributed by atoms with Gasteiger partial charge < -0.3 is 5.32 Å². The number of benzene rings is 1. The van der Waals surface area contributed by atoms with Crippen LogP contribution in [-0.4, -0.2) is 15.7 Å². The molecule has 152 valence electrons. The van der Waals surface area contributed by atoms with Crippen molar-refractivity contribution in [1.29, 1.82) is 0 Å². The Bertz CT molecular complexity index is 815. The average molecular weight is 410 g/mol. The second kappa shape index (κ2) is 8.72. The van der Waals surface area contributed by atoms with Gasteiger partial charge in [0.25, 0.3) is 0 Å². The first-order chi connectivity index (χ1) is 13.3. The lowest BCUT2D eigenvalue weighted by Crippen LogP contribution is -2.19. The van der Waals surface area contributed by atoms with Crippen molar-refractivity contribution in [3.63, 3.8) is 0 Å². The topological polar surface area (TPSA) is 37.8 Å². The van der Waals surface area contributed by atoms with Crippen LogP contribution in [0.25, 0.3) is 0 Å². The number of aryl methyl sites for hydroxylation is 1. The minimum Gasteiger partial charge on any atom is -0.324 e. The van der Waals surface area contributed by atoms with Crippen LogP contribution in [0, 0.1) is 12.8 Å². The normalized spacial score (nSPS) is 20.2. The fourth-order valence-corrected chi connectivity index (χ4v) is 4.43. The van der Waals surface area contributed by atoms with Crippen LogP contribution < -0.4 is 5.32 Å². The molecule has 1 aliphatic rings. The highest BCUT2D eigenvalue weighted by Gasteiger charge is 2.37. The monoisotopic (exact) mass is 409 g/mol. The molecule has 0 bridgehead atoms. The zero-order chi connectivity index (χ0) is 20.3. The van der Waals surface area contributed by atoms with Crippen molar-refractivity contribution < 1.29 is 13.2 Å². The smallest absolute Gasteiger partial charge is 0.324 e. The van der Waals surface area contributed by atoms with E-state index in [2.05, 4.69) is 35.2 Å². The molecule has 7 heteroatoms. The van der Waals surface area contributed by atoms with Gasteiger partial charge in [-0.2, -0.15) is 13.2 Å². The summed E-state index contributed by atoms with van der Waals surface area (Å²) in [4.78, 5) is 9.46. The molecule has 28 heavy (non-hydrogen) atoms. The molecule has 1 N–H and O–H groups in total. The van der Waals surface area contributed by atoms with E-state index in [-0.39, 0.29) is 17.6 Å². The van der Waals surface area contributed by atoms with E-state index in [0.717, 1.165) is 53.8 Å². The highest BCUT2D eigenvalue weighted by molar-refractivity contribution is 7.99. The number of aromatic nitrogens is 2. The van der Waals surface area contributed by atoms with Crippen molar-refractivity contribution in [3.8, 4) is 0 Å². The maximum absolute atomic E-state index is 13.5. The highest BCUT2D eigenvalue weighted by Crippen LogP contribution is 2.41. The molecular formula is C21H26F3N3S. The lowest BCUT2D eigenvalue weighted by molar-refractivity contribution is -0.139. The van der Waals surface area contributed by atoms with Crippen molar-refractivity contribution in [2.45, 2.75) is 63.4 Å². The molecular weight excluding hydrogens is 383 g/mol. The number of hydrogen-bond donors (Lipinski definition) is 1. The van der Waals surface area contributed by atoms with Gasteiger partial charge in [-0.05, 0) is 55.2 Å². The maximum Gasteiger partial charge on any atom is 0.419 e. The molecule has 0 unspecified atom stereocenters. The summed E-state index contributed by atoms with van der Waals surface area (Å²) >= 11 is 1.75. The predicted octanol–water partition coefficient (Wildman–Crippen LogP) is 6.95. The van der Waals surface area contributed by atoms with Crippen molar-refractivity contribution in [1.82, 2.24) is 9.97 Å². The fraction of sp³-hybridized carbons (Fsp3) is 0.524. The van der Waals surface area contributed by atoms with Gasteiger partial charge in [0.15, 0.2) is 0 Å². The van der Waals surface area contributed by atoms with Crippen molar-refractivity contribution >= 4 is 23.4 Å². The molecule has 3 rings (SSSR count). The van der Waals surface area contributed by atoms with Crippen LogP contribution in [0.4, 0.5) is 24.8 Å². The van der Waals surface area contributed by atoms with Gasteiger partial charge in [0, 0.05) is 22.7 Å². The molecule has 1 aromatic heterocycles.